The normalized spacial score (nSPS) is 19.7. The van der Waals surface area contributed by atoms with Crippen LogP contribution < -0.4 is 15.5 Å². The summed E-state index contributed by atoms with van der Waals surface area (Å²) in [6, 6.07) is 7.79. The van der Waals surface area contributed by atoms with Crippen molar-refractivity contribution in [3.8, 4) is 17.9 Å². The molecule has 0 bridgehead atoms. The molecule has 4 heterocycles. The monoisotopic (exact) mass is 717 g/mol. The summed E-state index contributed by atoms with van der Waals surface area (Å²) >= 11 is 6.22. The van der Waals surface area contributed by atoms with Crippen LogP contribution >= 0.6 is 11.6 Å². The van der Waals surface area contributed by atoms with Gasteiger partial charge in [-0.2, -0.15) is 23.5 Å². The molecule has 3 aromatic rings. The number of halogens is 4. The molecule has 3 fully saturated rings. The van der Waals surface area contributed by atoms with Gasteiger partial charge in [0.15, 0.2) is 5.69 Å². The highest BCUT2D eigenvalue weighted by Crippen LogP contribution is 2.42. The Morgan fingerprint density at radius 2 is 1.82 bits per heavy atom. The Morgan fingerprint density at radius 3 is 2.47 bits per heavy atom. The Morgan fingerprint density at radius 1 is 1.10 bits per heavy atom. The van der Waals surface area contributed by atoms with Gasteiger partial charge in [0.1, 0.15) is 17.6 Å². The number of anilines is 2. The van der Waals surface area contributed by atoms with Crippen LogP contribution in [-0.2, 0) is 26.1 Å². The summed E-state index contributed by atoms with van der Waals surface area (Å²) < 4.78 is 41.4. The second-order valence-electron chi connectivity index (χ2n) is 12.9. The fourth-order valence-electron chi connectivity index (χ4n) is 6.78. The minimum absolute atomic E-state index is 0.0172. The van der Waals surface area contributed by atoms with Gasteiger partial charge in [0.25, 0.3) is 17.7 Å². The Kier molecular flexibility index (Phi) is 8.14. The van der Waals surface area contributed by atoms with Crippen LogP contribution in [0.1, 0.15) is 75.2 Å². The van der Waals surface area contributed by atoms with E-state index in [1.807, 2.05) is 11.0 Å². The first kappa shape index (κ1) is 33.8. The van der Waals surface area contributed by atoms with Crippen LogP contribution in [0, 0.1) is 36.0 Å². The second-order valence-corrected chi connectivity index (χ2v) is 13.3. The summed E-state index contributed by atoms with van der Waals surface area (Å²) in [6.07, 6.45) is -1.54. The van der Waals surface area contributed by atoms with E-state index in [1.165, 1.54) is 17.8 Å². The molecule has 2 aromatic carbocycles. The van der Waals surface area contributed by atoms with Crippen molar-refractivity contribution >= 4 is 52.5 Å². The van der Waals surface area contributed by atoms with E-state index in [0.29, 0.717) is 43.6 Å². The fourth-order valence-corrected chi connectivity index (χ4v) is 6.99. The van der Waals surface area contributed by atoms with Gasteiger partial charge in [-0.15, -0.1) is 0 Å². The average molecular weight is 718 g/mol. The standard InChI is InChI=1S/C35H27ClF3N7O5/c1-18-24(35(37,38)39)7-8-25(29(18)36)41-33(51)34(11-2-12-34)45-17-20(26(14-40)43-45)4-3-19-15-44(16-19)21-5-6-22-23(13-21)32(50)46(31(22)49)27-9-10-28(47)42-30(27)48/h5-8,13,17,19,27H,2,9-12,15-16H2,1H3,(H,41,51)(H,42,47,48). The summed E-state index contributed by atoms with van der Waals surface area (Å²) in [5.41, 5.74) is -0.884. The predicted octanol–water partition coefficient (Wildman–Crippen LogP) is 4.14. The van der Waals surface area contributed by atoms with Crippen LogP contribution in [0.15, 0.2) is 36.5 Å². The summed E-state index contributed by atoms with van der Waals surface area (Å²) in [7, 11) is 0. The van der Waals surface area contributed by atoms with E-state index in [0.717, 1.165) is 17.0 Å². The maximum absolute atomic E-state index is 13.5. The van der Waals surface area contributed by atoms with Crippen molar-refractivity contribution in [3.63, 3.8) is 0 Å². The number of alkyl halides is 3. The topological polar surface area (TPSA) is 158 Å². The van der Waals surface area contributed by atoms with Crippen LogP contribution in [0.2, 0.25) is 5.02 Å². The number of nitrogens with one attached hydrogen (secondary N) is 2. The quantitative estimate of drug-likeness (QED) is 0.295. The molecule has 1 saturated carbocycles. The van der Waals surface area contributed by atoms with Crippen LogP contribution in [0.3, 0.4) is 0 Å². The van der Waals surface area contributed by atoms with E-state index in [2.05, 4.69) is 27.6 Å². The van der Waals surface area contributed by atoms with E-state index in [9.17, 15) is 42.4 Å². The molecule has 1 atom stereocenters. The predicted molar refractivity (Wildman–Crippen MR) is 174 cm³/mol. The van der Waals surface area contributed by atoms with E-state index < -0.39 is 52.9 Å². The van der Waals surface area contributed by atoms with Crippen molar-refractivity contribution in [1.29, 1.82) is 5.26 Å². The molecular weight excluding hydrogens is 691 g/mol. The van der Waals surface area contributed by atoms with E-state index in [1.54, 1.807) is 18.2 Å². The second kappa shape index (κ2) is 12.3. The van der Waals surface area contributed by atoms with Crippen molar-refractivity contribution in [1.82, 2.24) is 20.0 Å². The number of hydrogen-bond donors (Lipinski definition) is 2. The van der Waals surface area contributed by atoms with Gasteiger partial charge < -0.3 is 10.2 Å². The van der Waals surface area contributed by atoms with Crippen LogP contribution in [-0.4, -0.2) is 63.3 Å². The molecule has 2 saturated heterocycles. The smallest absolute Gasteiger partial charge is 0.369 e. The van der Waals surface area contributed by atoms with Crippen molar-refractivity contribution in [2.45, 2.75) is 56.8 Å². The van der Waals surface area contributed by atoms with E-state index >= 15 is 0 Å². The fraction of sp³-hybridized carbons (Fsp3) is 0.343. The minimum atomic E-state index is -4.60. The zero-order chi connectivity index (χ0) is 36.4. The largest absolute Gasteiger partial charge is 0.416 e. The number of carbonyl (C=O) groups excluding carboxylic acids is 5. The zero-order valence-electron chi connectivity index (χ0n) is 26.9. The lowest BCUT2D eigenvalue weighted by Crippen LogP contribution is -2.54. The lowest BCUT2D eigenvalue weighted by atomic mass is 9.76. The molecule has 12 nitrogen and oxygen atoms in total. The van der Waals surface area contributed by atoms with Crippen molar-refractivity contribution in [2.24, 2.45) is 5.92 Å². The number of hydrogen-bond acceptors (Lipinski definition) is 8. The SMILES string of the molecule is Cc1c(C(F)(F)F)ccc(NC(=O)C2(n3cc(C#CC4CN(c5ccc6c(c5)C(=O)N(C5CCC(=O)NC5=O)C6=O)C4)c(C#N)n3)CCC2)c1Cl. The Bertz CT molecular complexity index is 2170. The molecule has 5 amide bonds. The molecule has 260 valence electrons. The average Bonchev–Trinajstić information content (AvgIpc) is 3.55. The summed E-state index contributed by atoms with van der Waals surface area (Å²) in [6.45, 7) is 2.20. The molecular formula is C35H27ClF3N7O5. The van der Waals surface area contributed by atoms with Gasteiger partial charge in [0.2, 0.25) is 11.8 Å². The first-order valence-electron chi connectivity index (χ1n) is 16.0. The lowest BCUT2D eigenvalue weighted by Gasteiger charge is -2.40. The van der Waals surface area contributed by atoms with Crippen LogP contribution in [0.4, 0.5) is 24.5 Å². The highest BCUT2D eigenvalue weighted by atomic mass is 35.5. The minimum Gasteiger partial charge on any atom is -0.369 e. The number of aromatic nitrogens is 2. The summed E-state index contributed by atoms with van der Waals surface area (Å²) in [5, 5.41) is 18.7. The lowest BCUT2D eigenvalue weighted by molar-refractivity contribution is -0.138. The number of nitriles is 1. The molecule has 0 spiro atoms. The van der Waals surface area contributed by atoms with Crippen LogP contribution in [0.5, 0.6) is 0 Å². The highest BCUT2D eigenvalue weighted by molar-refractivity contribution is 6.34. The van der Waals surface area contributed by atoms with Gasteiger partial charge in [-0.05, 0) is 68.5 Å². The van der Waals surface area contributed by atoms with Gasteiger partial charge in [-0.25, -0.2) is 0 Å². The van der Waals surface area contributed by atoms with Crippen molar-refractivity contribution in [2.75, 3.05) is 23.3 Å². The number of rotatable bonds is 5. The molecule has 16 heteroatoms. The Hall–Kier alpha value is -5.67. The van der Waals surface area contributed by atoms with Crippen LogP contribution in [0.25, 0.3) is 0 Å². The number of piperidine rings is 1. The molecule has 4 aliphatic rings. The third-order valence-corrected chi connectivity index (χ3v) is 10.4. The molecule has 1 aliphatic carbocycles. The van der Waals surface area contributed by atoms with Gasteiger partial charge in [0, 0.05) is 31.4 Å². The maximum Gasteiger partial charge on any atom is 0.416 e. The van der Waals surface area contributed by atoms with Gasteiger partial charge in [-0.3, -0.25) is 38.9 Å². The van der Waals surface area contributed by atoms with E-state index in [4.69, 9.17) is 11.6 Å². The van der Waals surface area contributed by atoms with E-state index in [-0.39, 0.29) is 51.9 Å². The first-order chi connectivity index (χ1) is 24.2. The molecule has 51 heavy (non-hydrogen) atoms. The Labute approximate surface area is 293 Å². The molecule has 1 aromatic heterocycles. The number of fused-ring (bicyclic) bond motifs is 1. The van der Waals surface area contributed by atoms with Gasteiger partial charge in [0.05, 0.1) is 38.9 Å². The van der Waals surface area contributed by atoms with Gasteiger partial charge >= 0.3 is 6.18 Å². The molecule has 2 N–H and O–H groups in total. The molecule has 3 aliphatic heterocycles. The number of amides is 5. The highest BCUT2D eigenvalue weighted by Gasteiger charge is 2.48. The summed E-state index contributed by atoms with van der Waals surface area (Å²) in [4.78, 5) is 66.5. The van der Waals surface area contributed by atoms with Gasteiger partial charge in [-0.1, -0.05) is 23.4 Å². The third-order valence-electron chi connectivity index (χ3n) is 9.88. The van der Waals surface area contributed by atoms with Crippen molar-refractivity contribution < 1.29 is 37.1 Å². The Balaban J connectivity index is 1.03. The maximum atomic E-state index is 13.5. The number of imide groups is 2. The van der Waals surface area contributed by atoms with Crippen molar-refractivity contribution in [3.05, 3.63) is 75.1 Å². The molecule has 7 rings (SSSR count). The summed E-state index contributed by atoms with van der Waals surface area (Å²) in [5.74, 6) is 3.18. The molecule has 1 unspecified atom stereocenters. The number of benzene rings is 2. The number of nitrogens with zero attached hydrogens (tertiary/aromatic N) is 5. The zero-order valence-corrected chi connectivity index (χ0v) is 27.6. The number of carbonyl (C=O) groups is 5. The molecule has 0 radical (unpaired) electrons. The third kappa shape index (κ3) is 5.67. The first-order valence-corrected chi connectivity index (χ1v) is 16.4.